The molecule has 0 saturated carbocycles. The molecular formula is C19H17FN4O2. The van der Waals surface area contributed by atoms with Crippen LogP contribution in [0, 0.1) is 17.1 Å². The predicted molar refractivity (Wildman–Crippen MR) is 95.0 cm³/mol. The Morgan fingerprint density at radius 2 is 1.73 bits per heavy atom. The zero-order valence-electron chi connectivity index (χ0n) is 14.0. The molecule has 1 fully saturated rings. The number of piperazine rings is 1. The summed E-state index contributed by atoms with van der Waals surface area (Å²) in [6.07, 6.45) is 0. The summed E-state index contributed by atoms with van der Waals surface area (Å²) >= 11 is 0. The van der Waals surface area contributed by atoms with E-state index < -0.39 is 11.8 Å². The molecular weight excluding hydrogens is 335 g/mol. The van der Waals surface area contributed by atoms with Crippen LogP contribution in [0.25, 0.3) is 0 Å². The van der Waals surface area contributed by atoms with E-state index in [2.05, 4.69) is 5.32 Å². The Morgan fingerprint density at radius 3 is 2.38 bits per heavy atom. The molecule has 1 heterocycles. The fourth-order valence-electron chi connectivity index (χ4n) is 2.81. The van der Waals surface area contributed by atoms with E-state index in [4.69, 9.17) is 5.26 Å². The number of hydrogen-bond donors (Lipinski definition) is 1. The quantitative estimate of drug-likeness (QED) is 0.839. The van der Waals surface area contributed by atoms with Gasteiger partial charge in [-0.1, -0.05) is 6.07 Å². The molecule has 0 aromatic heterocycles. The molecule has 2 aromatic rings. The Hall–Kier alpha value is -3.40. The van der Waals surface area contributed by atoms with Crippen molar-refractivity contribution >= 4 is 23.2 Å². The molecule has 6 nitrogen and oxygen atoms in total. The van der Waals surface area contributed by atoms with Crippen molar-refractivity contribution in [1.29, 1.82) is 5.26 Å². The fourth-order valence-corrected chi connectivity index (χ4v) is 2.81. The van der Waals surface area contributed by atoms with Gasteiger partial charge in [0.05, 0.1) is 11.6 Å². The fraction of sp³-hybridized carbons (Fsp3) is 0.211. The summed E-state index contributed by atoms with van der Waals surface area (Å²) in [6, 6.07) is 14.6. The maximum Gasteiger partial charge on any atom is 0.313 e. The first kappa shape index (κ1) is 17.4. The average molecular weight is 352 g/mol. The number of amides is 2. The van der Waals surface area contributed by atoms with Gasteiger partial charge >= 0.3 is 11.8 Å². The van der Waals surface area contributed by atoms with E-state index in [9.17, 15) is 14.0 Å². The molecule has 2 aromatic carbocycles. The largest absolute Gasteiger partial charge is 0.368 e. The van der Waals surface area contributed by atoms with Crippen molar-refractivity contribution in [3.8, 4) is 6.07 Å². The first-order valence-corrected chi connectivity index (χ1v) is 8.18. The van der Waals surface area contributed by atoms with E-state index in [0.29, 0.717) is 37.4 Å². The van der Waals surface area contributed by atoms with Crippen LogP contribution < -0.4 is 10.2 Å². The molecule has 0 spiro atoms. The maximum absolute atomic E-state index is 13.0. The van der Waals surface area contributed by atoms with E-state index in [1.165, 1.54) is 23.1 Å². The van der Waals surface area contributed by atoms with Crippen molar-refractivity contribution in [1.82, 2.24) is 4.90 Å². The molecule has 1 aliphatic rings. The zero-order valence-corrected chi connectivity index (χ0v) is 14.0. The van der Waals surface area contributed by atoms with Gasteiger partial charge in [0, 0.05) is 37.6 Å². The third-order valence-electron chi connectivity index (χ3n) is 4.20. The van der Waals surface area contributed by atoms with Gasteiger partial charge in [0.15, 0.2) is 0 Å². The van der Waals surface area contributed by atoms with Crippen molar-refractivity contribution in [3.05, 3.63) is 59.9 Å². The molecule has 0 radical (unpaired) electrons. The van der Waals surface area contributed by atoms with E-state index in [1.807, 2.05) is 11.0 Å². The summed E-state index contributed by atoms with van der Waals surface area (Å²) in [7, 11) is 0. The lowest BCUT2D eigenvalue weighted by molar-refractivity contribution is -0.143. The smallest absolute Gasteiger partial charge is 0.313 e. The summed E-state index contributed by atoms with van der Waals surface area (Å²) in [5, 5.41) is 11.4. The molecule has 1 saturated heterocycles. The Balaban J connectivity index is 1.56. The first-order chi connectivity index (χ1) is 12.6. The number of nitriles is 1. The molecule has 0 aliphatic carbocycles. The Kier molecular flexibility index (Phi) is 5.13. The summed E-state index contributed by atoms with van der Waals surface area (Å²) in [5.74, 6) is -1.62. The molecule has 0 unspecified atom stereocenters. The third-order valence-corrected chi connectivity index (χ3v) is 4.20. The van der Waals surface area contributed by atoms with Gasteiger partial charge < -0.3 is 15.1 Å². The van der Waals surface area contributed by atoms with Crippen LogP contribution in [0.3, 0.4) is 0 Å². The second-order valence-corrected chi connectivity index (χ2v) is 5.90. The van der Waals surface area contributed by atoms with E-state index >= 15 is 0 Å². The minimum absolute atomic E-state index is 0.292. The van der Waals surface area contributed by atoms with Crippen LogP contribution in [-0.4, -0.2) is 42.9 Å². The first-order valence-electron chi connectivity index (χ1n) is 8.18. The highest BCUT2D eigenvalue weighted by molar-refractivity contribution is 6.39. The third kappa shape index (κ3) is 3.98. The number of benzene rings is 2. The Morgan fingerprint density at radius 1 is 1.04 bits per heavy atom. The lowest BCUT2D eigenvalue weighted by atomic mass is 10.2. The lowest BCUT2D eigenvalue weighted by Gasteiger charge is -2.35. The molecule has 1 N–H and O–H groups in total. The normalized spacial score (nSPS) is 13.8. The Bertz CT molecular complexity index is 853. The molecule has 0 atom stereocenters. The SMILES string of the molecule is N#Cc1cccc(NC(=O)C(=O)N2CCN(c3ccc(F)cc3)CC2)c1. The maximum atomic E-state index is 13.0. The standard InChI is InChI=1S/C19H17FN4O2/c20-15-4-6-17(7-5-15)23-8-10-24(11-9-23)19(26)18(25)22-16-3-1-2-14(12-16)13-21/h1-7,12H,8-11H2,(H,22,25). The van der Waals surface area contributed by atoms with Crippen LogP contribution in [0.1, 0.15) is 5.56 Å². The van der Waals surface area contributed by atoms with Crippen molar-refractivity contribution < 1.29 is 14.0 Å². The van der Waals surface area contributed by atoms with Crippen LogP contribution in [0.15, 0.2) is 48.5 Å². The molecule has 132 valence electrons. The molecule has 26 heavy (non-hydrogen) atoms. The van der Waals surface area contributed by atoms with E-state index in [1.54, 1.807) is 30.3 Å². The lowest BCUT2D eigenvalue weighted by Crippen LogP contribution is -2.51. The highest BCUT2D eigenvalue weighted by Crippen LogP contribution is 2.17. The van der Waals surface area contributed by atoms with Crippen molar-refractivity contribution in [2.24, 2.45) is 0 Å². The van der Waals surface area contributed by atoms with Crippen LogP contribution in [0.5, 0.6) is 0 Å². The van der Waals surface area contributed by atoms with Crippen LogP contribution in [0.4, 0.5) is 15.8 Å². The molecule has 7 heteroatoms. The number of hydrogen-bond acceptors (Lipinski definition) is 4. The predicted octanol–water partition coefficient (Wildman–Crippen LogP) is 1.98. The highest BCUT2D eigenvalue weighted by atomic mass is 19.1. The van der Waals surface area contributed by atoms with Crippen molar-refractivity contribution in [2.75, 3.05) is 36.4 Å². The van der Waals surface area contributed by atoms with Crippen LogP contribution in [0.2, 0.25) is 0 Å². The number of carbonyl (C=O) groups is 2. The summed E-state index contributed by atoms with van der Waals surface area (Å²) in [6.45, 7) is 1.94. The zero-order chi connectivity index (χ0) is 18.5. The van der Waals surface area contributed by atoms with Gasteiger partial charge in [-0.25, -0.2) is 4.39 Å². The number of anilines is 2. The molecule has 2 amide bonds. The molecule has 3 rings (SSSR count). The van der Waals surface area contributed by atoms with Gasteiger partial charge in [-0.05, 0) is 42.5 Å². The summed E-state index contributed by atoms with van der Waals surface area (Å²) in [4.78, 5) is 28.0. The monoisotopic (exact) mass is 352 g/mol. The summed E-state index contributed by atoms with van der Waals surface area (Å²) < 4.78 is 13.0. The minimum Gasteiger partial charge on any atom is -0.368 e. The van der Waals surface area contributed by atoms with Crippen LogP contribution in [-0.2, 0) is 9.59 Å². The van der Waals surface area contributed by atoms with Crippen molar-refractivity contribution in [2.45, 2.75) is 0 Å². The van der Waals surface area contributed by atoms with E-state index in [-0.39, 0.29) is 5.82 Å². The molecule has 0 bridgehead atoms. The number of nitrogens with zero attached hydrogens (tertiary/aromatic N) is 3. The van der Waals surface area contributed by atoms with Crippen molar-refractivity contribution in [3.63, 3.8) is 0 Å². The van der Waals surface area contributed by atoms with E-state index in [0.717, 1.165) is 5.69 Å². The Labute approximate surface area is 150 Å². The topological polar surface area (TPSA) is 76.4 Å². The van der Waals surface area contributed by atoms with Crippen LogP contribution >= 0.6 is 0 Å². The second kappa shape index (κ2) is 7.66. The van der Waals surface area contributed by atoms with Gasteiger partial charge in [-0.3, -0.25) is 9.59 Å². The molecule has 1 aliphatic heterocycles. The number of halogens is 1. The number of rotatable bonds is 2. The van der Waals surface area contributed by atoms with Gasteiger partial charge in [0.2, 0.25) is 0 Å². The second-order valence-electron chi connectivity index (χ2n) is 5.90. The number of carbonyl (C=O) groups excluding carboxylic acids is 2. The number of nitrogens with one attached hydrogen (secondary N) is 1. The highest BCUT2D eigenvalue weighted by Gasteiger charge is 2.26. The summed E-state index contributed by atoms with van der Waals surface area (Å²) in [5.41, 5.74) is 1.70. The van der Waals surface area contributed by atoms with Gasteiger partial charge in [-0.2, -0.15) is 5.26 Å². The average Bonchev–Trinajstić information content (AvgIpc) is 2.68. The van der Waals surface area contributed by atoms with Gasteiger partial charge in [-0.15, -0.1) is 0 Å². The minimum atomic E-state index is -0.727. The van der Waals surface area contributed by atoms with Gasteiger partial charge in [0.1, 0.15) is 5.82 Å². The van der Waals surface area contributed by atoms with Gasteiger partial charge in [0.25, 0.3) is 0 Å².